The first-order chi connectivity index (χ1) is 15.6. The molecule has 32 heavy (non-hydrogen) atoms. The predicted octanol–water partition coefficient (Wildman–Crippen LogP) is 5.41. The van der Waals surface area contributed by atoms with E-state index in [4.69, 9.17) is 0 Å². The Balaban J connectivity index is 1.41. The van der Waals surface area contributed by atoms with Gasteiger partial charge in [0.15, 0.2) is 0 Å². The molecule has 2 atom stereocenters. The molecule has 3 rings (SSSR count). The van der Waals surface area contributed by atoms with Crippen molar-refractivity contribution in [1.82, 2.24) is 10.6 Å². The van der Waals surface area contributed by atoms with Crippen LogP contribution in [-0.2, 0) is 9.59 Å². The molecule has 1 aliphatic rings. The van der Waals surface area contributed by atoms with Crippen LogP contribution in [0, 0.1) is 11.8 Å². The van der Waals surface area contributed by atoms with Gasteiger partial charge in [0.1, 0.15) is 0 Å². The summed E-state index contributed by atoms with van der Waals surface area (Å²) in [5.74, 6) is 1.04. The van der Waals surface area contributed by atoms with Gasteiger partial charge in [-0.05, 0) is 49.7 Å². The highest BCUT2D eigenvalue weighted by Gasteiger charge is 2.30. The smallest absolute Gasteiger partial charge is 0.223 e. The van der Waals surface area contributed by atoms with E-state index in [1.807, 2.05) is 12.1 Å². The Labute approximate surface area is 193 Å². The number of hydrogen-bond donors (Lipinski definition) is 2. The Bertz CT molecular complexity index is 758. The van der Waals surface area contributed by atoms with Crippen LogP contribution in [0.15, 0.2) is 60.7 Å². The molecule has 1 aliphatic carbocycles. The van der Waals surface area contributed by atoms with E-state index in [1.54, 1.807) is 0 Å². The molecule has 2 aromatic carbocycles. The second kappa shape index (κ2) is 12.4. The third kappa shape index (κ3) is 6.69. The van der Waals surface area contributed by atoms with E-state index in [0.717, 1.165) is 38.5 Å². The summed E-state index contributed by atoms with van der Waals surface area (Å²) in [6.45, 7) is 5.68. The van der Waals surface area contributed by atoms with Crippen LogP contribution in [0.2, 0.25) is 0 Å². The Morgan fingerprint density at radius 3 is 1.34 bits per heavy atom. The van der Waals surface area contributed by atoms with Crippen molar-refractivity contribution in [2.45, 2.75) is 64.2 Å². The van der Waals surface area contributed by atoms with Crippen LogP contribution in [0.4, 0.5) is 0 Å². The van der Waals surface area contributed by atoms with Gasteiger partial charge in [-0.1, -0.05) is 74.5 Å². The average molecular weight is 435 g/mol. The van der Waals surface area contributed by atoms with Crippen molar-refractivity contribution in [2.24, 2.45) is 11.8 Å². The highest BCUT2D eigenvalue weighted by Crippen LogP contribution is 2.30. The van der Waals surface area contributed by atoms with Crippen molar-refractivity contribution in [1.29, 1.82) is 0 Å². The lowest BCUT2D eigenvalue weighted by atomic mass is 9.81. The van der Waals surface area contributed by atoms with Crippen molar-refractivity contribution in [2.75, 3.05) is 13.1 Å². The zero-order valence-corrected chi connectivity index (χ0v) is 19.6. The molecule has 4 heteroatoms. The Morgan fingerprint density at radius 2 is 1.03 bits per heavy atom. The van der Waals surface area contributed by atoms with Gasteiger partial charge in [-0.25, -0.2) is 0 Å². The molecule has 0 heterocycles. The highest BCUT2D eigenvalue weighted by molar-refractivity contribution is 5.81. The Kier molecular flexibility index (Phi) is 9.33. The van der Waals surface area contributed by atoms with Gasteiger partial charge in [0.05, 0.1) is 0 Å². The maximum absolute atomic E-state index is 12.7. The second-order valence-electron chi connectivity index (χ2n) is 9.07. The number of benzene rings is 2. The van der Waals surface area contributed by atoms with E-state index in [9.17, 15) is 9.59 Å². The summed E-state index contributed by atoms with van der Waals surface area (Å²) in [7, 11) is 0. The van der Waals surface area contributed by atoms with Crippen molar-refractivity contribution >= 4 is 11.8 Å². The van der Waals surface area contributed by atoms with Gasteiger partial charge in [-0.15, -0.1) is 0 Å². The zero-order chi connectivity index (χ0) is 22.8. The van der Waals surface area contributed by atoms with Crippen molar-refractivity contribution in [3.63, 3.8) is 0 Å². The van der Waals surface area contributed by atoms with Crippen molar-refractivity contribution < 1.29 is 9.59 Å². The molecule has 1 fully saturated rings. The van der Waals surface area contributed by atoms with Gasteiger partial charge in [0.25, 0.3) is 0 Å². The lowest BCUT2D eigenvalue weighted by Gasteiger charge is -2.28. The minimum atomic E-state index is 0.0278. The summed E-state index contributed by atoms with van der Waals surface area (Å²) in [5, 5.41) is 6.34. The normalized spacial score (nSPS) is 20.2. The fourth-order valence-electron chi connectivity index (χ4n) is 4.80. The van der Waals surface area contributed by atoms with Gasteiger partial charge in [-0.3, -0.25) is 9.59 Å². The minimum absolute atomic E-state index is 0.0278. The van der Waals surface area contributed by atoms with Gasteiger partial charge in [0, 0.05) is 36.8 Å². The summed E-state index contributed by atoms with van der Waals surface area (Å²) < 4.78 is 0. The lowest BCUT2D eigenvalue weighted by Crippen LogP contribution is -2.39. The van der Waals surface area contributed by atoms with E-state index in [-0.39, 0.29) is 23.7 Å². The van der Waals surface area contributed by atoms with Crippen molar-refractivity contribution in [3.8, 4) is 0 Å². The molecule has 0 bridgehead atoms. The molecule has 0 spiro atoms. The maximum Gasteiger partial charge on any atom is 0.223 e. The number of hydrogen-bond acceptors (Lipinski definition) is 2. The van der Waals surface area contributed by atoms with E-state index in [2.05, 4.69) is 73.0 Å². The molecule has 2 amide bonds. The standard InChI is InChI=1S/C28H38N2O2/c1-3-21(23-11-7-5-8-12-23)19-29-27(31)25-15-17-26(18-16-25)28(32)30-20-22(4-2)24-13-9-6-10-14-24/h5-14,21-22,25-26H,3-4,15-20H2,1-2H3,(H,29,31)(H,30,32)/t21-,22+,25?,26?. The molecule has 4 nitrogen and oxygen atoms in total. The Hall–Kier alpha value is -2.62. The summed E-state index contributed by atoms with van der Waals surface area (Å²) in [5.41, 5.74) is 2.55. The first-order valence-electron chi connectivity index (χ1n) is 12.3. The van der Waals surface area contributed by atoms with Gasteiger partial charge >= 0.3 is 0 Å². The lowest BCUT2D eigenvalue weighted by molar-refractivity contribution is -0.130. The number of rotatable bonds is 10. The molecule has 2 N–H and O–H groups in total. The summed E-state index contributed by atoms with van der Waals surface area (Å²) in [6, 6.07) is 20.8. The van der Waals surface area contributed by atoms with Crippen LogP contribution < -0.4 is 10.6 Å². The Morgan fingerprint density at radius 1 is 0.688 bits per heavy atom. The molecule has 0 radical (unpaired) electrons. The predicted molar refractivity (Wildman–Crippen MR) is 130 cm³/mol. The number of amides is 2. The van der Waals surface area contributed by atoms with Crippen LogP contribution in [0.1, 0.15) is 75.3 Å². The molecular formula is C28H38N2O2. The molecule has 2 aromatic rings. The van der Waals surface area contributed by atoms with Crippen LogP contribution in [0.25, 0.3) is 0 Å². The van der Waals surface area contributed by atoms with Crippen molar-refractivity contribution in [3.05, 3.63) is 71.8 Å². The van der Waals surface area contributed by atoms with E-state index < -0.39 is 0 Å². The minimum Gasteiger partial charge on any atom is -0.355 e. The zero-order valence-electron chi connectivity index (χ0n) is 19.6. The number of carbonyl (C=O) groups is 2. The van der Waals surface area contributed by atoms with Crippen LogP contribution >= 0.6 is 0 Å². The molecule has 0 aliphatic heterocycles. The monoisotopic (exact) mass is 434 g/mol. The van der Waals surface area contributed by atoms with Gasteiger partial charge < -0.3 is 10.6 Å². The molecule has 0 saturated heterocycles. The highest BCUT2D eigenvalue weighted by atomic mass is 16.2. The van der Waals surface area contributed by atoms with E-state index >= 15 is 0 Å². The van der Waals surface area contributed by atoms with Crippen LogP contribution in [0.3, 0.4) is 0 Å². The number of nitrogens with one attached hydrogen (secondary N) is 2. The SMILES string of the molecule is CC[C@H](CNC(=O)C1CCC(C(=O)NC[C@H](CC)c2ccccc2)CC1)c1ccccc1. The first kappa shape index (κ1) is 24.0. The first-order valence-corrected chi connectivity index (χ1v) is 12.3. The third-order valence-corrected chi connectivity index (χ3v) is 7.04. The molecular weight excluding hydrogens is 396 g/mol. The van der Waals surface area contributed by atoms with Crippen LogP contribution in [0.5, 0.6) is 0 Å². The van der Waals surface area contributed by atoms with Gasteiger partial charge in [-0.2, -0.15) is 0 Å². The molecule has 0 aromatic heterocycles. The number of carbonyl (C=O) groups excluding carboxylic acids is 2. The summed E-state index contributed by atoms with van der Waals surface area (Å²) in [6.07, 6.45) is 5.17. The molecule has 172 valence electrons. The largest absolute Gasteiger partial charge is 0.355 e. The van der Waals surface area contributed by atoms with E-state index in [1.165, 1.54) is 11.1 Å². The topological polar surface area (TPSA) is 58.2 Å². The maximum atomic E-state index is 12.7. The summed E-state index contributed by atoms with van der Waals surface area (Å²) >= 11 is 0. The fourth-order valence-corrected chi connectivity index (χ4v) is 4.80. The van der Waals surface area contributed by atoms with Crippen LogP contribution in [-0.4, -0.2) is 24.9 Å². The summed E-state index contributed by atoms with van der Waals surface area (Å²) in [4.78, 5) is 25.5. The third-order valence-electron chi connectivity index (χ3n) is 7.04. The quantitative estimate of drug-likeness (QED) is 0.525. The average Bonchev–Trinajstić information content (AvgIpc) is 2.86. The van der Waals surface area contributed by atoms with E-state index in [0.29, 0.717) is 24.9 Å². The molecule has 0 unspecified atom stereocenters. The second-order valence-corrected chi connectivity index (χ2v) is 9.07. The van der Waals surface area contributed by atoms with Gasteiger partial charge in [0.2, 0.25) is 11.8 Å². The molecule has 1 saturated carbocycles. The fraction of sp³-hybridized carbons (Fsp3) is 0.500.